The molecule has 4 rings (SSSR count). The minimum atomic E-state index is -0.252. The van der Waals surface area contributed by atoms with E-state index in [-0.39, 0.29) is 18.2 Å². The predicted octanol–water partition coefficient (Wildman–Crippen LogP) is 1.34. The highest BCUT2D eigenvalue weighted by Crippen LogP contribution is 2.22. The number of nitrogens with zero attached hydrogens (tertiary/aromatic N) is 4. The molecule has 2 heterocycles. The molecule has 30 heavy (non-hydrogen) atoms. The average molecular weight is 445 g/mol. The summed E-state index contributed by atoms with van der Waals surface area (Å²) in [7, 11) is 0. The van der Waals surface area contributed by atoms with Crippen LogP contribution in [0.15, 0.2) is 76.3 Å². The van der Waals surface area contributed by atoms with Crippen molar-refractivity contribution in [3.05, 3.63) is 78.3 Å². The summed E-state index contributed by atoms with van der Waals surface area (Å²) in [5.74, 6) is 2.24. The summed E-state index contributed by atoms with van der Waals surface area (Å²) in [5.41, 5.74) is 1.82. The van der Waals surface area contributed by atoms with Gasteiger partial charge in [-0.05, 0) is 71.9 Å². The van der Waals surface area contributed by atoms with E-state index in [0.29, 0.717) is 6.54 Å². The third-order valence-corrected chi connectivity index (χ3v) is 5.27. The fourth-order valence-electron chi connectivity index (χ4n) is 2.81. The second-order valence-corrected chi connectivity index (χ2v) is 7.42. The van der Waals surface area contributed by atoms with Crippen molar-refractivity contribution in [1.82, 2.24) is 25.5 Å². The van der Waals surface area contributed by atoms with Crippen molar-refractivity contribution in [1.29, 1.82) is 0 Å². The molecule has 0 saturated heterocycles. The van der Waals surface area contributed by atoms with E-state index in [1.807, 2.05) is 42.5 Å². The Morgan fingerprint density at radius 1 is 1.00 bits per heavy atom. The van der Waals surface area contributed by atoms with Gasteiger partial charge in [0, 0.05) is 11.3 Å². The van der Waals surface area contributed by atoms with E-state index in [2.05, 4.69) is 20.8 Å². The molecule has 6 nitrogen and oxygen atoms in total. The largest absolute Gasteiger partial charge is 1.00 e. The summed E-state index contributed by atoms with van der Waals surface area (Å²) in [5, 5.41) is 16.1. The van der Waals surface area contributed by atoms with Crippen molar-refractivity contribution >= 4 is 11.8 Å². The quantitative estimate of drug-likeness (QED) is 0.310. The van der Waals surface area contributed by atoms with Crippen molar-refractivity contribution in [3.8, 4) is 17.0 Å². The van der Waals surface area contributed by atoms with Crippen LogP contribution < -0.4 is 17.7 Å². The van der Waals surface area contributed by atoms with Gasteiger partial charge in [-0.2, -0.15) is 4.68 Å². The van der Waals surface area contributed by atoms with Gasteiger partial charge in [0.1, 0.15) is 17.3 Å². The monoisotopic (exact) mass is 444 g/mol. The molecule has 1 N–H and O–H groups in total. The third kappa shape index (κ3) is 5.69. The van der Waals surface area contributed by atoms with Crippen LogP contribution in [0.25, 0.3) is 17.0 Å². The van der Waals surface area contributed by atoms with E-state index in [1.165, 1.54) is 12.1 Å². The number of tetrazole rings is 1. The zero-order valence-electron chi connectivity index (χ0n) is 16.0. The Hall–Kier alpha value is -2.68. The maximum absolute atomic E-state index is 13.0. The maximum atomic E-state index is 13.0. The molecule has 2 aromatic carbocycles. The van der Waals surface area contributed by atoms with Gasteiger partial charge >= 0.3 is 0 Å². The lowest BCUT2D eigenvalue weighted by Crippen LogP contribution is -3.00. The van der Waals surface area contributed by atoms with Crippen LogP contribution >= 0.6 is 11.8 Å². The van der Waals surface area contributed by atoms with Gasteiger partial charge in [0.05, 0.1) is 12.2 Å². The lowest BCUT2D eigenvalue weighted by Gasteiger charge is -2.05. The van der Waals surface area contributed by atoms with Crippen LogP contribution in [0, 0.1) is 5.82 Å². The van der Waals surface area contributed by atoms with E-state index in [0.717, 1.165) is 46.6 Å². The SMILES string of the molecule is Fc1ccc(-c2ccc(CNCCCSc3nnnn3-c3ccccc3)o2)cc1.[Cl-]. The molecule has 9 heteroatoms. The van der Waals surface area contributed by atoms with Crippen LogP contribution in [0.2, 0.25) is 0 Å². The van der Waals surface area contributed by atoms with E-state index >= 15 is 0 Å². The van der Waals surface area contributed by atoms with Gasteiger partial charge < -0.3 is 22.1 Å². The first-order chi connectivity index (χ1) is 14.3. The molecule has 0 amide bonds. The van der Waals surface area contributed by atoms with Crippen LogP contribution in [0.5, 0.6) is 0 Å². The number of furan rings is 1. The van der Waals surface area contributed by atoms with Gasteiger partial charge in [0.15, 0.2) is 0 Å². The standard InChI is InChI=1S/C21H20FN5OS.ClH/c22-17-9-7-16(8-10-17)20-12-11-19(28-20)15-23-13-4-14-29-21-24-25-26-27(21)18-5-2-1-3-6-18;/h1-3,5-12,23H,4,13-15H2;1H/p-1. The summed E-state index contributed by atoms with van der Waals surface area (Å²) < 4.78 is 20.6. The van der Waals surface area contributed by atoms with Crippen molar-refractivity contribution in [2.24, 2.45) is 0 Å². The molecule has 156 valence electrons. The van der Waals surface area contributed by atoms with Gasteiger partial charge in [0.2, 0.25) is 5.16 Å². The van der Waals surface area contributed by atoms with Crippen LogP contribution in [-0.2, 0) is 6.54 Å². The van der Waals surface area contributed by atoms with Crippen LogP contribution in [0.1, 0.15) is 12.2 Å². The molecule has 0 saturated carbocycles. The number of hydrogen-bond acceptors (Lipinski definition) is 6. The van der Waals surface area contributed by atoms with Crippen LogP contribution in [-0.4, -0.2) is 32.5 Å². The summed E-state index contributed by atoms with van der Waals surface area (Å²) >= 11 is 1.63. The molecular weight excluding hydrogens is 425 g/mol. The Kier molecular flexibility index (Phi) is 8.01. The zero-order valence-corrected chi connectivity index (χ0v) is 17.6. The number of rotatable bonds is 9. The first kappa shape index (κ1) is 22.0. The van der Waals surface area contributed by atoms with Gasteiger partial charge in [0.25, 0.3) is 0 Å². The number of thioether (sulfide) groups is 1. The molecule has 0 fully saturated rings. The number of aromatic nitrogens is 4. The Balaban J connectivity index is 0.00000256. The molecule has 0 aliphatic heterocycles. The summed E-state index contributed by atoms with van der Waals surface area (Å²) in [4.78, 5) is 0. The zero-order chi connectivity index (χ0) is 19.9. The highest BCUT2D eigenvalue weighted by molar-refractivity contribution is 7.99. The lowest BCUT2D eigenvalue weighted by atomic mass is 10.2. The highest BCUT2D eigenvalue weighted by atomic mass is 35.5. The smallest absolute Gasteiger partial charge is 0.214 e. The second kappa shape index (κ2) is 10.9. The number of halogens is 2. The second-order valence-electron chi connectivity index (χ2n) is 6.36. The van der Waals surface area contributed by atoms with Crippen molar-refractivity contribution in [3.63, 3.8) is 0 Å². The molecule has 0 aliphatic rings. The molecule has 0 radical (unpaired) electrons. The topological polar surface area (TPSA) is 68.8 Å². The molecule has 4 aromatic rings. The number of hydrogen-bond donors (Lipinski definition) is 1. The normalized spacial score (nSPS) is 10.7. The average Bonchev–Trinajstić information content (AvgIpc) is 3.41. The number of nitrogens with one attached hydrogen (secondary N) is 1. The minimum Gasteiger partial charge on any atom is -1.00 e. The molecule has 0 bridgehead atoms. The third-order valence-electron chi connectivity index (χ3n) is 4.26. The lowest BCUT2D eigenvalue weighted by molar-refractivity contribution is -0.00000709. The molecule has 2 aromatic heterocycles. The Morgan fingerprint density at radius 2 is 1.80 bits per heavy atom. The van der Waals surface area contributed by atoms with E-state index < -0.39 is 0 Å². The van der Waals surface area contributed by atoms with E-state index in [1.54, 1.807) is 28.6 Å². The highest BCUT2D eigenvalue weighted by Gasteiger charge is 2.08. The van der Waals surface area contributed by atoms with Gasteiger partial charge in [-0.1, -0.05) is 30.0 Å². The number of para-hydroxylation sites is 1. The van der Waals surface area contributed by atoms with Crippen LogP contribution in [0.3, 0.4) is 0 Å². The van der Waals surface area contributed by atoms with Gasteiger partial charge in [-0.25, -0.2) is 4.39 Å². The minimum absolute atomic E-state index is 0. The molecular formula is C21H20ClFN5OS-. The first-order valence-electron chi connectivity index (χ1n) is 9.31. The fourth-order valence-corrected chi connectivity index (χ4v) is 3.64. The summed E-state index contributed by atoms with van der Waals surface area (Å²) in [6.45, 7) is 1.50. The van der Waals surface area contributed by atoms with Crippen molar-refractivity contribution < 1.29 is 21.2 Å². The predicted molar refractivity (Wildman–Crippen MR) is 110 cm³/mol. The Morgan fingerprint density at radius 3 is 2.60 bits per heavy atom. The van der Waals surface area contributed by atoms with Crippen LogP contribution in [0.4, 0.5) is 4.39 Å². The molecule has 0 atom stereocenters. The number of benzene rings is 2. The summed E-state index contributed by atoms with van der Waals surface area (Å²) in [6.07, 6.45) is 0.970. The fraction of sp³-hybridized carbons (Fsp3) is 0.190. The molecule has 0 aliphatic carbocycles. The van der Waals surface area contributed by atoms with E-state index in [9.17, 15) is 4.39 Å². The maximum Gasteiger partial charge on any atom is 0.214 e. The van der Waals surface area contributed by atoms with Gasteiger partial charge in [-0.15, -0.1) is 5.10 Å². The molecule has 0 unspecified atom stereocenters. The van der Waals surface area contributed by atoms with Gasteiger partial charge in [-0.3, -0.25) is 0 Å². The van der Waals surface area contributed by atoms with Crippen molar-refractivity contribution in [2.45, 2.75) is 18.1 Å². The van der Waals surface area contributed by atoms with E-state index in [4.69, 9.17) is 4.42 Å². The van der Waals surface area contributed by atoms with Crippen molar-refractivity contribution in [2.75, 3.05) is 12.3 Å². The Bertz CT molecular complexity index is 1040. The first-order valence-corrected chi connectivity index (χ1v) is 10.3. The Labute approximate surface area is 184 Å². The molecule has 0 spiro atoms. The summed E-state index contributed by atoms with van der Waals surface area (Å²) in [6, 6.07) is 20.0.